The molecule has 56 heavy (non-hydrogen) atoms. The van der Waals surface area contributed by atoms with Gasteiger partial charge in [0.05, 0.1) is 11.4 Å². The smallest absolute Gasteiger partial charge is 0.161 e. The average molecular weight is 733 g/mol. The van der Waals surface area contributed by atoms with Crippen LogP contribution in [0.2, 0.25) is 0 Å². The Morgan fingerprint density at radius 3 is 1.70 bits per heavy atom. The predicted molar refractivity (Wildman–Crippen MR) is 235 cm³/mol. The fourth-order valence-electron chi connectivity index (χ4n) is 7.95. The summed E-state index contributed by atoms with van der Waals surface area (Å²) >= 11 is 1.80. The van der Waals surface area contributed by atoms with E-state index in [0.29, 0.717) is 5.82 Å². The number of rotatable bonds is 6. The molecule has 0 fully saturated rings. The number of hydrogen-bond donors (Lipinski definition) is 0. The van der Waals surface area contributed by atoms with Crippen LogP contribution in [0.5, 0.6) is 0 Å². The van der Waals surface area contributed by atoms with Gasteiger partial charge in [0.1, 0.15) is 11.2 Å². The van der Waals surface area contributed by atoms with E-state index in [0.717, 1.165) is 72.3 Å². The molecule has 3 aromatic heterocycles. The summed E-state index contributed by atoms with van der Waals surface area (Å²) in [6.07, 6.45) is 0. The lowest BCUT2D eigenvalue weighted by molar-refractivity contribution is 0.670. The van der Waals surface area contributed by atoms with E-state index in [-0.39, 0.29) is 0 Å². The van der Waals surface area contributed by atoms with Crippen LogP contribution in [0.4, 0.5) is 0 Å². The standard InChI is InChI=1S/C52H32N2OS/c1-3-13-33(14-4-1)35-25-27-36(28-26-35)46-32-47(54-52(53-46)45-22-12-21-44-42-18-8-10-24-49(42)56-51(44)45)39-30-37(34-15-5-2-6-16-34)29-38(31-39)40-19-11-20-43-41-17-7-9-23-48(41)55-50(40)43/h1-32H. The number of benzene rings is 8. The van der Waals surface area contributed by atoms with Gasteiger partial charge in [-0.25, -0.2) is 9.97 Å². The highest BCUT2D eigenvalue weighted by Crippen LogP contribution is 2.42. The first kappa shape index (κ1) is 32.3. The minimum absolute atomic E-state index is 0.702. The van der Waals surface area contributed by atoms with Crippen molar-refractivity contribution in [2.75, 3.05) is 0 Å². The van der Waals surface area contributed by atoms with E-state index in [1.54, 1.807) is 11.3 Å². The van der Waals surface area contributed by atoms with Gasteiger partial charge in [-0.05, 0) is 70.3 Å². The Bertz CT molecular complexity index is 3240. The predicted octanol–water partition coefficient (Wildman–Crippen LogP) is 14.7. The molecule has 0 bridgehead atoms. The third-order valence-corrected chi connectivity index (χ3v) is 11.9. The summed E-state index contributed by atoms with van der Waals surface area (Å²) in [7, 11) is 0. The second-order valence-electron chi connectivity index (χ2n) is 14.1. The zero-order valence-electron chi connectivity index (χ0n) is 30.2. The molecule has 0 aliphatic rings. The summed E-state index contributed by atoms with van der Waals surface area (Å²) in [4.78, 5) is 10.8. The molecule has 0 radical (unpaired) electrons. The van der Waals surface area contributed by atoms with Gasteiger partial charge < -0.3 is 4.42 Å². The highest BCUT2D eigenvalue weighted by atomic mass is 32.1. The topological polar surface area (TPSA) is 38.9 Å². The van der Waals surface area contributed by atoms with Crippen LogP contribution < -0.4 is 0 Å². The fraction of sp³-hybridized carbons (Fsp3) is 0. The maximum atomic E-state index is 6.57. The van der Waals surface area contributed by atoms with Crippen LogP contribution in [-0.4, -0.2) is 9.97 Å². The van der Waals surface area contributed by atoms with Gasteiger partial charge in [-0.3, -0.25) is 0 Å². The Morgan fingerprint density at radius 2 is 0.911 bits per heavy atom. The van der Waals surface area contributed by atoms with E-state index in [1.807, 2.05) is 18.2 Å². The maximum Gasteiger partial charge on any atom is 0.161 e. The summed E-state index contributed by atoms with van der Waals surface area (Å²) in [5.41, 5.74) is 13.2. The molecule has 3 heterocycles. The molecule has 8 aromatic carbocycles. The van der Waals surface area contributed by atoms with Gasteiger partial charge in [-0.1, -0.05) is 152 Å². The van der Waals surface area contributed by atoms with Gasteiger partial charge in [0.15, 0.2) is 5.82 Å². The van der Waals surface area contributed by atoms with Crippen molar-refractivity contribution in [3.8, 4) is 67.3 Å². The lowest BCUT2D eigenvalue weighted by atomic mass is 9.93. The van der Waals surface area contributed by atoms with E-state index in [2.05, 4.69) is 176 Å². The lowest BCUT2D eigenvalue weighted by Crippen LogP contribution is -1.97. The van der Waals surface area contributed by atoms with E-state index in [4.69, 9.17) is 14.4 Å². The Kier molecular flexibility index (Phi) is 7.68. The molecule has 262 valence electrons. The van der Waals surface area contributed by atoms with Crippen molar-refractivity contribution in [1.82, 2.24) is 9.97 Å². The summed E-state index contributed by atoms with van der Waals surface area (Å²) in [6, 6.07) is 68.5. The molecule has 0 amide bonds. The van der Waals surface area contributed by atoms with E-state index >= 15 is 0 Å². The molecule has 0 saturated heterocycles. The third-order valence-electron chi connectivity index (χ3n) is 10.7. The Morgan fingerprint density at radius 1 is 0.357 bits per heavy atom. The van der Waals surface area contributed by atoms with Crippen molar-refractivity contribution in [3.63, 3.8) is 0 Å². The van der Waals surface area contributed by atoms with Gasteiger partial charge in [-0.2, -0.15) is 0 Å². The molecule has 0 unspecified atom stereocenters. The minimum atomic E-state index is 0.702. The van der Waals surface area contributed by atoms with Crippen LogP contribution in [0.15, 0.2) is 199 Å². The number of para-hydroxylation sites is 2. The molecule has 3 nitrogen and oxygen atoms in total. The van der Waals surface area contributed by atoms with Crippen LogP contribution in [0, 0.1) is 0 Å². The number of fused-ring (bicyclic) bond motifs is 6. The quantitative estimate of drug-likeness (QED) is 0.171. The molecule has 0 aliphatic heterocycles. The van der Waals surface area contributed by atoms with Crippen LogP contribution in [0.3, 0.4) is 0 Å². The first-order chi connectivity index (χ1) is 27.7. The van der Waals surface area contributed by atoms with Crippen molar-refractivity contribution >= 4 is 53.4 Å². The maximum absolute atomic E-state index is 6.57. The van der Waals surface area contributed by atoms with E-state index in [1.165, 1.54) is 31.3 Å². The van der Waals surface area contributed by atoms with Crippen molar-refractivity contribution in [1.29, 1.82) is 0 Å². The van der Waals surface area contributed by atoms with E-state index in [9.17, 15) is 0 Å². The Hall–Kier alpha value is -7.14. The van der Waals surface area contributed by atoms with Crippen LogP contribution in [-0.2, 0) is 0 Å². The van der Waals surface area contributed by atoms with E-state index < -0.39 is 0 Å². The second kappa shape index (κ2) is 13.3. The molecule has 0 atom stereocenters. The molecular formula is C52H32N2OS. The molecule has 11 rings (SSSR count). The average Bonchev–Trinajstić information content (AvgIpc) is 3.86. The molecule has 0 spiro atoms. The third kappa shape index (κ3) is 5.58. The largest absolute Gasteiger partial charge is 0.455 e. The first-order valence-electron chi connectivity index (χ1n) is 18.8. The minimum Gasteiger partial charge on any atom is -0.455 e. The molecular weight excluding hydrogens is 701 g/mol. The number of thiophene rings is 1. The van der Waals surface area contributed by atoms with Crippen LogP contribution >= 0.6 is 11.3 Å². The summed E-state index contributed by atoms with van der Waals surface area (Å²) in [6.45, 7) is 0. The summed E-state index contributed by atoms with van der Waals surface area (Å²) in [5, 5.41) is 4.69. The van der Waals surface area contributed by atoms with Gasteiger partial charge in [0, 0.05) is 53.2 Å². The number of hydrogen-bond acceptors (Lipinski definition) is 4. The Labute approximate surface area is 327 Å². The highest BCUT2D eigenvalue weighted by molar-refractivity contribution is 7.26. The van der Waals surface area contributed by atoms with Gasteiger partial charge in [-0.15, -0.1) is 11.3 Å². The number of nitrogens with zero attached hydrogens (tertiary/aromatic N) is 2. The van der Waals surface area contributed by atoms with Crippen molar-refractivity contribution in [2.45, 2.75) is 0 Å². The first-order valence-corrected chi connectivity index (χ1v) is 19.6. The number of aromatic nitrogens is 2. The highest BCUT2D eigenvalue weighted by Gasteiger charge is 2.18. The zero-order chi connectivity index (χ0) is 37.0. The van der Waals surface area contributed by atoms with Crippen molar-refractivity contribution < 1.29 is 4.42 Å². The molecule has 0 N–H and O–H groups in total. The van der Waals surface area contributed by atoms with Crippen molar-refractivity contribution in [2.24, 2.45) is 0 Å². The fourth-order valence-corrected chi connectivity index (χ4v) is 9.17. The molecule has 0 aliphatic carbocycles. The number of furan rings is 1. The monoisotopic (exact) mass is 732 g/mol. The normalized spacial score (nSPS) is 11.6. The van der Waals surface area contributed by atoms with Gasteiger partial charge in [0.2, 0.25) is 0 Å². The molecule has 11 aromatic rings. The summed E-state index contributed by atoms with van der Waals surface area (Å²) in [5.74, 6) is 0.702. The second-order valence-corrected chi connectivity index (χ2v) is 15.2. The Balaban J connectivity index is 1.15. The SMILES string of the molecule is c1ccc(-c2ccc(-c3cc(-c4cc(-c5ccccc5)cc(-c5cccc6c5oc5ccccc56)c4)nc(-c4cccc5c4sc4ccccc45)n3)cc2)cc1. The van der Waals surface area contributed by atoms with Gasteiger partial charge >= 0.3 is 0 Å². The van der Waals surface area contributed by atoms with Crippen LogP contribution in [0.1, 0.15) is 0 Å². The lowest BCUT2D eigenvalue weighted by Gasteiger charge is -2.14. The van der Waals surface area contributed by atoms with Gasteiger partial charge in [0.25, 0.3) is 0 Å². The van der Waals surface area contributed by atoms with Crippen molar-refractivity contribution in [3.05, 3.63) is 194 Å². The zero-order valence-corrected chi connectivity index (χ0v) is 31.0. The summed E-state index contributed by atoms with van der Waals surface area (Å²) < 4.78 is 9.01. The molecule has 0 saturated carbocycles. The van der Waals surface area contributed by atoms with Crippen LogP contribution in [0.25, 0.3) is 109 Å². The molecule has 4 heteroatoms.